The Balaban J connectivity index is 0.947. The van der Waals surface area contributed by atoms with Gasteiger partial charge in [0.2, 0.25) is 11.8 Å². The second kappa shape index (κ2) is 19.7. The Labute approximate surface area is 381 Å². The summed E-state index contributed by atoms with van der Waals surface area (Å²) in [4.78, 5) is 56.9. The zero-order chi connectivity index (χ0) is 43.8. The summed E-state index contributed by atoms with van der Waals surface area (Å²) < 4.78 is 16.3. The van der Waals surface area contributed by atoms with Crippen LogP contribution in [0.4, 0.5) is 4.79 Å². The molecular formula is C52H43N3O6S3. The van der Waals surface area contributed by atoms with E-state index in [1.807, 2.05) is 121 Å². The molecule has 0 radical (unpaired) electrons. The number of thiophene rings is 3. The Kier molecular flexibility index (Phi) is 13.0. The van der Waals surface area contributed by atoms with Crippen LogP contribution in [-0.4, -0.2) is 42.0 Å². The van der Waals surface area contributed by atoms with E-state index >= 15 is 0 Å². The molecule has 0 saturated carbocycles. The highest BCUT2D eigenvalue weighted by Crippen LogP contribution is 2.44. The first-order valence-corrected chi connectivity index (χ1v) is 23.5. The van der Waals surface area contributed by atoms with Crippen molar-refractivity contribution in [3.63, 3.8) is 0 Å². The van der Waals surface area contributed by atoms with E-state index < -0.39 is 42.0 Å². The molecule has 0 aliphatic carbocycles. The van der Waals surface area contributed by atoms with E-state index in [0.717, 1.165) is 37.2 Å². The molecule has 64 heavy (non-hydrogen) atoms. The molecule has 9 rings (SSSR count). The molecule has 0 unspecified atom stereocenters. The van der Waals surface area contributed by atoms with Crippen molar-refractivity contribution in [3.05, 3.63) is 190 Å². The maximum Gasteiger partial charge on any atom is 0.408 e. The minimum Gasteiger partial charge on any atom is -0.458 e. The standard InChI is InChI=1S/C52H43N3O6S3/c56-49(40(27-33-13-5-1-6-14-33)53-50(57)41(28-34-15-7-2-8-16-34)55-52(59)61-31-36-19-11-4-12-20-36)54-42(29-35-17-9-3-10-18-35)51(58)60-32-37-30-39-44(63-37)22-24-46-48(39)47-38-25-26-62-43(38)21-23-45(47)64-46/h1-26,30,40-42H,27-29,31-32H2,(H,53,57)(H,54,56)(H,55,59)/t40-,41-,42-/m1/s1. The Bertz CT molecular complexity index is 3060. The molecule has 3 amide bonds. The molecule has 3 aromatic heterocycles. The quantitative estimate of drug-likeness (QED) is 0.0830. The lowest BCUT2D eigenvalue weighted by molar-refractivity contribution is -0.149. The van der Waals surface area contributed by atoms with E-state index in [-0.39, 0.29) is 32.5 Å². The number of fused-ring (bicyclic) bond motifs is 7. The third kappa shape index (κ3) is 10.00. The number of hydrogen-bond donors (Lipinski definition) is 3. The zero-order valence-corrected chi connectivity index (χ0v) is 37.0. The second-order valence-corrected chi connectivity index (χ2v) is 18.7. The molecule has 0 bridgehead atoms. The highest BCUT2D eigenvalue weighted by atomic mass is 32.1. The summed E-state index contributed by atoms with van der Waals surface area (Å²) in [6.07, 6.45) is -0.359. The van der Waals surface area contributed by atoms with Crippen molar-refractivity contribution in [1.29, 1.82) is 0 Å². The Hall–Kier alpha value is -6.86. The fraction of sp³-hybridized carbons (Fsp3) is 0.154. The van der Waals surface area contributed by atoms with Crippen LogP contribution in [0.5, 0.6) is 0 Å². The Morgan fingerprint density at radius 1 is 0.453 bits per heavy atom. The van der Waals surface area contributed by atoms with Gasteiger partial charge < -0.3 is 25.4 Å². The van der Waals surface area contributed by atoms with E-state index in [1.165, 1.54) is 30.3 Å². The number of alkyl carbamates (subject to hydrolysis) is 1. The molecule has 0 fully saturated rings. The van der Waals surface area contributed by atoms with Crippen molar-refractivity contribution < 1.29 is 28.7 Å². The van der Waals surface area contributed by atoms with Crippen molar-refractivity contribution in [1.82, 2.24) is 16.0 Å². The lowest BCUT2D eigenvalue weighted by Crippen LogP contribution is -2.57. The van der Waals surface area contributed by atoms with E-state index in [2.05, 4.69) is 57.7 Å². The average molecular weight is 902 g/mol. The van der Waals surface area contributed by atoms with Crippen molar-refractivity contribution in [2.24, 2.45) is 0 Å². The largest absolute Gasteiger partial charge is 0.458 e. The van der Waals surface area contributed by atoms with Gasteiger partial charge in [-0.25, -0.2) is 9.59 Å². The van der Waals surface area contributed by atoms with Crippen LogP contribution in [-0.2, 0) is 56.3 Å². The molecule has 9 nitrogen and oxygen atoms in total. The van der Waals surface area contributed by atoms with Gasteiger partial charge in [-0.1, -0.05) is 121 Å². The molecular weight excluding hydrogens is 859 g/mol. The summed E-state index contributed by atoms with van der Waals surface area (Å²) in [5.74, 6) is -1.76. The van der Waals surface area contributed by atoms with Gasteiger partial charge in [0.15, 0.2) is 0 Å². The Morgan fingerprint density at radius 3 is 1.53 bits per heavy atom. The first-order valence-electron chi connectivity index (χ1n) is 20.9. The number of benzene rings is 6. The van der Waals surface area contributed by atoms with E-state index in [4.69, 9.17) is 9.47 Å². The summed E-state index contributed by atoms with van der Waals surface area (Å²) in [6, 6.07) is 46.9. The molecule has 0 aliphatic heterocycles. The monoisotopic (exact) mass is 901 g/mol. The summed E-state index contributed by atoms with van der Waals surface area (Å²) in [5, 5.41) is 15.5. The van der Waals surface area contributed by atoms with Gasteiger partial charge in [0.25, 0.3) is 0 Å². The predicted octanol–water partition coefficient (Wildman–Crippen LogP) is 10.5. The maximum atomic E-state index is 14.5. The van der Waals surface area contributed by atoms with Crippen LogP contribution in [0.1, 0.15) is 27.1 Å². The number of amides is 3. The summed E-state index contributed by atoms with van der Waals surface area (Å²) >= 11 is 5.09. The molecule has 0 aliphatic rings. The van der Waals surface area contributed by atoms with Crippen LogP contribution in [0.15, 0.2) is 163 Å². The summed E-state index contributed by atoms with van der Waals surface area (Å²) in [7, 11) is 0. The van der Waals surface area contributed by atoms with Crippen LogP contribution < -0.4 is 16.0 Å². The van der Waals surface area contributed by atoms with E-state index in [9.17, 15) is 19.2 Å². The van der Waals surface area contributed by atoms with Gasteiger partial charge >= 0.3 is 12.1 Å². The Morgan fingerprint density at radius 2 is 0.938 bits per heavy atom. The van der Waals surface area contributed by atoms with Gasteiger partial charge in [-0.05, 0) is 64.0 Å². The van der Waals surface area contributed by atoms with Crippen molar-refractivity contribution in [2.45, 2.75) is 50.6 Å². The van der Waals surface area contributed by atoms with Crippen LogP contribution in [0, 0.1) is 0 Å². The number of nitrogens with one attached hydrogen (secondary N) is 3. The molecule has 3 atom stereocenters. The summed E-state index contributed by atoms with van der Waals surface area (Å²) in [5.41, 5.74) is 3.20. The smallest absolute Gasteiger partial charge is 0.408 e. The van der Waals surface area contributed by atoms with Gasteiger partial charge in [-0.3, -0.25) is 9.59 Å². The highest BCUT2D eigenvalue weighted by Gasteiger charge is 2.31. The van der Waals surface area contributed by atoms with Crippen LogP contribution in [0.3, 0.4) is 0 Å². The van der Waals surface area contributed by atoms with E-state index in [1.54, 1.807) is 34.0 Å². The topological polar surface area (TPSA) is 123 Å². The van der Waals surface area contributed by atoms with Crippen LogP contribution in [0.25, 0.3) is 40.3 Å². The zero-order valence-electron chi connectivity index (χ0n) is 34.5. The molecule has 0 saturated heterocycles. The molecule has 320 valence electrons. The third-order valence-corrected chi connectivity index (χ3v) is 14.1. The minimum atomic E-state index is -1.12. The van der Waals surface area contributed by atoms with E-state index in [0.29, 0.717) is 0 Å². The lowest BCUT2D eigenvalue weighted by atomic mass is 10.0. The van der Waals surface area contributed by atoms with Crippen molar-refractivity contribution in [2.75, 3.05) is 0 Å². The van der Waals surface area contributed by atoms with Gasteiger partial charge in [0.1, 0.15) is 31.3 Å². The molecule has 9 aromatic rings. The fourth-order valence-corrected chi connectivity index (χ4v) is 10.8. The van der Waals surface area contributed by atoms with Gasteiger partial charge in [-0.2, -0.15) is 0 Å². The minimum absolute atomic E-state index is 0.0155. The molecule has 6 aromatic carbocycles. The van der Waals surface area contributed by atoms with Crippen molar-refractivity contribution in [3.8, 4) is 0 Å². The molecule has 0 spiro atoms. The maximum absolute atomic E-state index is 14.5. The SMILES string of the molecule is O=C(N[C@H](Cc1ccccc1)C(=O)N[C@H](Cc1ccccc1)C(=O)N[C@H](Cc1ccccc1)C(=O)OCc1cc2c(ccc3sc4ccc5sccc5c4c32)s1)OCc1ccccc1. The lowest BCUT2D eigenvalue weighted by Gasteiger charge is -2.25. The second-order valence-electron chi connectivity index (χ2n) is 15.5. The van der Waals surface area contributed by atoms with Gasteiger partial charge in [0, 0.05) is 64.5 Å². The first-order chi connectivity index (χ1) is 31.3. The third-order valence-electron chi connectivity index (χ3n) is 11.0. The number of hydrogen-bond acceptors (Lipinski definition) is 9. The number of esters is 1. The predicted molar refractivity (Wildman–Crippen MR) is 258 cm³/mol. The van der Waals surface area contributed by atoms with Gasteiger partial charge in [-0.15, -0.1) is 34.0 Å². The molecule has 3 N–H and O–H groups in total. The van der Waals surface area contributed by atoms with Crippen molar-refractivity contribution >= 4 is 98.2 Å². The highest BCUT2D eigenvalue weighted by molar-refractivity contribution is 7.27. The van der Waals surface area contributed by atoms with Gasteiger partial charge in [0.05, 0.1) is 0 Å². The molecule has 3 heterocycles. The fourth-order valence-electron chi connectivity index (χ4n) is 7.90. The number of rotatable bonds is 16. The average Bonchev–Trinajstić information content (AvgIpc) is 4.08. The first kappa shape index (κ1) is 42.4. The summed E-state index contributed by atoms with van der Waals surface area (Å²) in [6.45, 7) is 0.0374. The number of ether oxygens (including phenoxy) is 2. The van der Waals surface area contributed by atoms with Crippen LogP contribution >= 0.6 is 34.0 Å². The normalized spacial score (nSPS) is 12.8. The molecule has 12 heteroatoms. The number of carbonyl (C=O) groups excluding carboxylic acids is 4. The number of carbonyl (C=O) groups is 4. The van der Waals surface area contributed by atoms with Crippen LogP contribution in [0.2, 0.25) is 0 Å².